The van der Waals surface area contributed by atoms with Crippen molar-refractivity contribution in [3.63, 3.8) is 0 Å². The normalized spacial score (nSPS) is 23.6. The number of piperidine rings is 2. The van der Waals surface area contributed by atoms with E-state index in [1.807, 2.05) is 37.8 Å². The van der Waals surface area contributed by atoms with Crippen molar-refractivity contribution in [2.75, 3.05) is 39.3 Å². The molecule has 1 aliphatic carbocycles. The van der Waals surface area contributed by atoms with Gasteiger partial charge in [-0.1, -0.05) is 39.0 Å². The molecule has 4 aliphatic rings. The highest BCUT2D eigenvalue weighted by atomic mass is 35.5. The molecule has 3 saturated heterocycles. The second kappa shape index (κ2) is 14.7. The van der Waals surface area contributed by atoms with Gasteiger partial charge in [-0.2, -0.15) is 0 Å². The van der Waals surface area contributed by atoms with E-state index in [4.69, 9.17) is 9.47 Å². The summed E-state index contributed by atoms with van der Waals surface area (Å²) in [7, 11) is 0. The summed E-state index contributed by atoms with van der Waals surface area (Å²) in [5, 5.41) is 0. The van der Waals surface area contributed by atoms with Crippen LogP contribution in [0.1, 0.15) is 112 Å². The molecule has 1 unspecified atom stereocenters. The lowest BCUT2D eigenvalue weighted by Crippen LogP contribution is -2.56. The van der Waals surface area contributed by atoms with Gasteiger partial charge in [-0.3, -0.25) is 9.69 Å². The van der Waals surface area contributed by atoms with E-state index in [0.717, 1.165) is 100 Å². The molecule has 3 heterocycles. The second-order valence-corrected chi connectivity index (χ2v) is 13.2. The standard InChI is InChI=1S/C34H53N3O4.ClH/c1-5-7-13-30-34(41-33(39)37(30)24-27-11-9-8-10-12-27)16-20-35(21-17-34)28-14-18-36(19-15-28)32(38)31-25(3)22-29(40-6-2)23-26(31)4;/h22-23,27-28,30H,5-21,24H2,1-4H3;1H. The zero-order valence-corrected chi connectivity index (χ0v) is 27.3. The number of amides is 2. The van der Waals surface area contributed by atoms with Crippen molar-refractivity contribution in [2.45, 2.75) is 122 Å². The SMILES string of the molecule is CCCCC1N(CC2CCCCC2)C(=O)OC12CCN(C1CCN(C(=O)c3c(C)cc(OCC)cc3C)CC1)CC2.Cl. The third kappa shape index (κ3) is 7.04. The molecule has 5 rings (SSSR count). The van der Waals surface area contributed by atoms with Gasteiger partial charge in [-0.05, 0) is 82.1 Å². The number of benzene rings is 1. The van der Waals surface area contributed by atoms with Crippen LogP contribution in [0.15, 0.2) is 12.1 Å². The van der Waals surface area contributed by atoms with Crippen LogP contribution >= 0.6 is 12.4 Å². The summed E-state index contributed by atoms with van der Waals surface area (Å²) < 4.78 is 12.0. The molecule has 236 valence electrons. The van der Waals surface area contributed by atoms with Gasteiger partial charge in [0.15, 0.2) is 0 Å². The first-order chi connectivity index (χ1) is 19.8. The van der Waals surface area contributed by atoms with Gasteiger partial charge >= 0.3 is 6.09 Å². The fourth-order valence-electron chi connectivity index (χ4n) is 8.18. The molecule has 0 bridgehead atoms. The first-order valence-corrected chi connectivity index (χ1v) is 16.6. The maximum Gasteiger partial charge on any atom is 0.410 e. The van der Waals surface area contributed by atoms with Crippen molar-refractivity contribution in [1.82, 2.24) is 14.7 Å². The quantitative estimate of drug-likeness (QED) is 0.300. The Morgan fingerprint density at radius 3 is 2.21 bits per heavy atom. The minimum atomic E-state index is -0.323. The monoisotopic (exact) mass is 603 g/mol. The van der Waals surface area contributed by atoms with Gasteiger partial charge in [0.2, 0.25) is 0 Å². The lowest BCUT2D eigenvalue weighted by Gasteiger charge is -2.46. The van der Waals surface area contributed by atoms with Crippen molar-refractivity contribution in [1.29, 1.82) is 0 Å². The van der Waals surface area contributed by atoms with Crippen LogP contribution in [0.4, 0.5) is 4.79 Å². The van der Waals surface area contributed by atoms with Crippen LogP contribution in [0.3, 0.4) is 0 Å². The van der Waals surface area contributed by atoms with Gasteiger partial charge in [0.05, 0.1) is 12.6 Å². The first kappa shape index (κ1) is 32.9. The van der Waals surface area contributed by atoms with Crippen LogP contribution in [-0.2, 0) is 4.74 Å². The highest BCUT2D eigenvalue weighted by molar-refractivity contribution is 5.97. The predicted molar refractivity (Wildman–Crippen MR) is 170 cm³/mol. The van der Waals surface area contributed by atoms with Gasteiger partial charge in [0.1, 0.15) is 11.4 Å². The van der Waals surface area contributed by atoms with E-state index in [2.05, 4.69) is 16.7 Å². The summed E-state index contributed by atoms with van der Waals surface area (Å²) in [6.07, 6.45) is 13.6. The fraction of sp³-hybridized carbons (Fsp3) is 0.765. The van der Waals surface area contributed by atoms with Crippen LogP contribution in [0.2, 0.25) is 0 Å². The molecule has 0 aromatic heterocycles. The molecule has 1 atom stereocenters. The Morgan fingerprint density at radius 2 is 1.62 bits per heavy atom. The molecular weight excluding hydrogens is 550 g/mol. The molecule has 8 heteroatoms. The Hall–Kier alpha value is -1.99. The topological polar surface area (TPSA) is 62.3 Å². The third-order valence-corrected chi connectivity index (χ3v) is 10.5. The molecule has 0 N–H and O–H groups in total. The number of nitrogens with zero attached hydrogens (tertiary/aromatic N) is 3. The van der Waals surface area contributed by atoms with Gasteiger partial charge in [-0.15, -0.1) is 12.4 Å². The molecule has 1 saturated carbocycles. The number of ether oxygens (including phenoxy) is 2. The zero-order valence-electron chi connectivity index (χ0n) is 26.5. The Labute approximate surface area is 260 Å². The Balaban J connectivity index is 0.00000405. The molecule has 7 nitrogen and oxygen atoms in total. The summed E-state index contributed by atoms with van der Waals surface area (Å²) in [4.78, 5) is 33.6. The van der Waals surface area contributed by atoms with Crippen LogP contribution in [-0.4, -0.2) is 83.7 Å². The van der Waals surface area contributed by atoms with Crippen LogP contribution in [0, 0.1) is 19.8 Å². The fourth-order valence-corrected chi connectivity index (χ4v) is 8.18. The molecule has 0 radical (unpaired) electrons. The van der Waals surface area contributed by atoms with Gasteiger partial charge in [0.25, 0.3) is 5.91 Å². The molecule has 1 aromatic carbocycles. The number of hydrogen-bond acceptors (Lipinski definition) is 5. The van der Waals surface area contributed by atoms with Gasteiger partial charge < -0.3 is 19.3 Å². The Kier molecular flexibility index (Phi) is 11.5. The van der Waals surface area contributed by atoms with Gasteiger partial charge in [-0.25, -0.2) is 4.79 Å². The summed E-state index contributed by atoms with van der Waals surface area (Å²) in [6, 6.07) is 4.68. The molecule has 4 fully saturated rings. The maximum atomic E-state index is 13.5. The van der Waals surface area contributed by atoms with Crippen molar-refractivity contribution >= 4 is 24.4 Å². The molecule has 1 aromatic rings. The van der Waals surface area contributed by atoms with E-state index < -0.39 is 0 Å². The molecule has 42 heavy (non-hydrogen) atoms. The number of carbonyl (C=O) groups excluding carboxylic acids is 2. The van der Waals surface area contributed by atoms with Crippen molar-refractivity contribution in [3.8, 4) is 5.75 Å². The second-order valence-electron chi connectivity index (χ2n) is 13.2. The Bertz CT molecular complexity index is 1040. The summed E-state index contributed by atoms with van der Waals surface area (Å²) in [5.41, 5.74) is 2.48. The first-order valence-electron chi connectivity index (χ1n) is 16.6. The summed E-state index contributed by atoms with van der Waals surface area (Å²) in [5.74, 6) is 1.62. The highest BCUT2D eigenvalue weighted by Crippen LogP contribution is 2.43. The van der Waals surface area contributed by atoms with Crippen LogP contribution in [0.25, 0.3) is 0 Å². The average Bonchev–Trinajstić information content (AvgIpc) is 3.21. The minimum absolute atomic E-state index is 0. The number of rotatable bonds is 9. The van der Waals surface area contributed by atoms with Crippen molar-refractivity contribution in [3.05, 3.63) is 28.8 Å². The van der Waals surface area contributed by atoms with E-state index >= 15 is 0 Å². The molecule has 2 amide bonds. The lowest BCUT2D eigenvalue weighted by molar-refractivity contribution is -0.0385. The van der Waals surface area contributed by atoms with E-state index in [9.17, 15) is 9.59 Å². The van der Waals surface area contributed by atoms with Gasteiger partial charge in [0, 0.05) is 57.2 Å². The van der Waals surface area contributed by atoms with E-state index in [0.29, 0.717) is 18.6 Å². The van der Waals surface area contributed by atoms with E-state index in [1.165, 1.54) is 32.1 Å². The molecule has 1 spiro atoms. The lowest BCUT2D eigenvalue weighted by atomic mass is 9.80. The number of halogens is 1. The van der Waals surface area contributed by atoms with Crippen LogP contribution in [0.5, 0.6) is 5.75 Å². The third-order valence-electron chi connectivity index (χ3n) is 10.5. The largest absolute Gasteiger partial charge is 0.494 e. The number of hydrogen-bond donors (Lipinski definition) is 0. The van der Waals surface area contributed by atoms with Crippen LogP contribution < -0.4 is 4.74 Å². The number of unbranched alkanes of at least 4 members (excludes halogenated alkanes) is 1. The van der Waals surface area contributed by atoms with E-state index in [-0.39, 0.29) is 36.1 Å². The Morgan fingerprint density at radius 1 is 0.976 bits per heavy atom. The van der Waals surface area contributed by atoms with Crippen molar-refractivity contribution in [2.24, 2.45) is 5.92 Å². The smallest absolute Gasteiger partial charge is 0.410 e. The summed E-state index contributed by atoms with van der Waals surface area (Å²) >= 11 is 0. The number of aryl methyl sites for hydroxylation is 2. The minimum Gasteiger partial charge on any atom is -0.494 e. The maximum absolute atomic E-state index is 13.5. The van der Waals surface area contributed by atoms with Crippen molar-refractivity contribution < 1.29 is 19.1 Å². The van der Waals surface area contributed by atoms with E-state index in [1.54, 1.807) is 0 Å². The molecule has 3 aliphatic heterocycles. The number of carbonyl (C=O) groups is 2. The average molecular weight is 604 g/mol. The highest BCUT2D eigenvalue weighted by Gasteiger charge is 2.55. The summed E-state index contributed by atoms with van der Waals surface area (Å²) in [6.45, 7) is 13.3. The predicted octanol–water partition coefficient (Wildman–Crippen LogP) is 7.15. The zero-order chi connectivity index (χ0) is 29.0. The molecular formula is C34H54ClN3O4. The number of likely N-dealkylation sites (tertiary alicyclic amines) is 2.